The van der Waals surface area contributed by atoms with Gasteiger partial charge < -0.3 is 15.2 Å². The molecule has 1 aliphatic rings. The van der Waals surface area contributed by atoms with Crippen molar-refractivity contribution in [2.45, 2.75) is 39.3 Å². The van der Waals surface area contributed by atoms with E-state index in [0.717, 1.165) is 0 Å². The lowest BCUT2D eigenvalue weighted by Gasteiger charge is -2.37. The highest BCUT2D eigenvalue weighted by atomic mass is 16.5. The molecular formula is C21H25N3O4. The van der Waals surface area contributed by atoms with Crippen LogP contribution in [-0.2, 0) is 14.3 Å². The van der Waals surface area contributed by atoms with Gasteiger partial charge in [-0.2, -0.15) is 0 Å². The Bertz CT molecular complexity index is 854. The molecule has 0 spiro atoms. The lowest BCUT2D eigenvalue weighted by Crippen LogP contribution is -2.51. The molecule has 1 amide bonds. The summed E-state index contributed by atoms with van der Waals surface area (Å²) in [6, 6.07) is 11.6. The van der Waals surface area contributed by atoms with Gasteiger partial charge in [0, 0.05) is 5.56 Å². The average molecular weight is 383 g/mol. The van der Waals surface area contributed by atoms with E-state index in [1.54, 1.807) is 12.1 Å². The molecule has 0 saturated carbocycles. The van der Waals surface area contributed by atoms with Crippen molar-refractivity contribution in [3.63, 3.8) is 0 Å². The zero-order valence-electron chi connectivity index (χ0n) is 16.3. The average Bonchev–Trinajstić information content (AvgIpc) is 2.69. The van der Waals surface area contributed by atoms with Crippen LogP contribution in [0.3, 0.4) is 0 Å². The van der Waals surface area contributed by atoms with E-state index >= 15 is 0 Å². The van der Waals surface area contributed by atoms with Gasteiger partial charge in [0.05, 0.1) is 6.61 Å². The number of carbonyl (C=O) groups is 2. The molecule has 7 nitrogen and oxygen atoms in total. The van der Waals surface area contributed by atoms with E-state index in [2.05, 4.69) is 4.98 Å². The molecule has 0 fully saturated rings. The van der Waals surface area contributed by atoms with Gasteiger partial charge in [0.15, 0.2) is 11.6 Å². The third kappa shape index (κ3) is 3.93. The van der Waals surface area contributed by atoms with E-state index in [4.69, 9.17) is 15.2 Å². The van der Waals surface area contributed by atoms with Gasteiger partial charge in [-0.25, -0.2) is 9.78 Å². The maximum absolute atomic E-state index is 13.4. The van der Waals surface area contributed by atoms with Crippen molar-refractivity contribution in [1.29, 1.82) is 0 Å². The summed E-state index contributed by atoms with van der Waals surface area (Å²) >= 11 is 0. The molecule has 1 aliphatic heterocycles. The van der Waals surface area contributed by atoms with E-state index in [1.807, 2.05) is 51.1 Å². The lowest BCUT2D eigenvalue weighted by molar-refractivity contribution is -0.148. The maximum atomic E-state index is 13.4. The van der Waals surface area contributed by atoms with Crippen LogP contribution < -0.4 is 15.4 Å². The zero-order valence-corrected chi connectivity index (χ0v) is 16.3. The van der Waals surface area contributed by atoms with Gasteiger partial charge in [-0.05, 0) is 24.5 Å². The number of nitrogens with zero attached hydrogens (tertiary/aromatic N) is 2. The van der Waals surface area contributed by atoms with Crippen LogP contribution in [0.2, 0.25) is 0 Å². The highest BCUT2D eigenvalue weighted by Gasteiger charge is 2.42. The largest absolute Gasteiger partial charge is 0.472 e. The minimum Gasteiger partial charge on any atom is -0.472 e. The van der Waals surface area contributed by atoms with Crippen molar-refractivity contribution in [2.75, 3.05) is 17.2 Å². The fourth-order valence-electron chi connectivity index (χ4n) is 3.06. The van der Waals surface area contributed by atoms with Gasteiger partial charge in [0.2, 0.25) is 6.10 Å². The number of carbonyl (C=O) groups excluding carboxylic acids is 2. The molecule has 2 aromatic rings. The summed E-state index contributed by atoms with van der Waals surface area (Å²) in [5, 5.41) is 0. The number of hydrogen-bond acceptors (Lipinski definition) is 6. The molecule has 1 aromatic carbocycles. The number of anilines is 2. The van der Waals surface area contributed by atoms with Gasteiger partial charge in [0.25, 0.3) is 5.91 Å². The summed E-state index contributed by atoms with van der Waals surface area (Å²) in [5.74, 6) is 0.241. The molecule has 2 unspecified atom stereocenters. The van der Waals surface area contributed by atoms with Crippen LogP contribution in [0.15, 0.2) is 42.5 Å². The number of rotatable bonds is 6. The second-order valence-electron chi connectivity index (χ2n) is 7.12. The third-order valence-corrected chi connectivity index (χ3v) is 4.43. The minimum atomic E-state index is -0.869. The highest BCUT2D eigenvalue weighted by Crippen LogP contribution is 2.39. The number of esters is 1. The number of aromatic nitrogens is 1. The van der Waals surface area contributed by atoms with Crippen LogP contribution in [0.25, 0.3) is 0 Å². The maximum Gasteiger partial charge on any atom is 0.329 e. The Morgan fingerprint density at radius 2 is 1.96 bits per heavy atom. The number of nitrogens with two attached hydrogens (primary N) is 1. The predicted octanol–water partition coefficient (Wildman–Crippen LogP) is 3.11. The van der Waals surface area contributed by atoms with E-state index in [0.29, 0.717) is 17.7 Å². The number of hydrogen-bond donors (Lipinski definition) is 1. The first-order chi connectivity index (χ1) is 13.4. The van der Waals surface area contributed by atoms with Crippen molar-refractivity contribution in [3.05, 3.63) is 48.0 Å². The van der Waals surface area contributed by atoms with Crippen LogP contribution in [0, 0.1) is 5.92 Å². The van der Waals surface area contributed by atoms with Crippen molar-refractivity contribution < 1.29 is 19.1 Å². The van der Waals surface area contributed by atoms with Crippen molar-refractivity contribution >= 4 is 23.5 Å². The summed E-state index contributed by atoms with van der Waals surface area (Å²) in [5.41, 5.74) is 6.53. The number of nitrogen functional groups attached to an aromatic ring is 1. The number of benzene rings is 1. The number of pyridine rings is 1. The molecule has 0 radical (unpaired) electrons. The van der Waals surface area contributed by atoms with Crippen LogP contribution >= 0.6 is 0 Å². The van der Waals surface area contributed by atoms with Gasteiger partial charge in [0.1, 0.15) is 11.9 Å². The second kappa shape index (κ2) is 8.29. The van der Waals surface area contributed by atoms with E-state index < -0.39 is 18.1 Å². The summed E-state index contributed by atoms with van der Waals surface area (Å²) < 4.78 is 11.3. The van der Waals surface area contributed by atoms with Crippen LogP contribution in [0.1, 0.15) is 38.9 Å². The highest BCUT2D eigenvalue weighted by molar-refractivity contribution is 6.04. The molecule has 28 heavy (non-hydrogen) atoms. The topological polar surface area (TPSA) is 94.8 Å². The summed E-state index contributed by atoms with van der Waals surface area (Å²) in [6.45, 7) is 6.02. The van der Waals surface area contributed by atoms with Gasteiger partial charge in [-0.1, -0.05) is 51.1 Å². The van der Waals surface area contributed by atoms with Crippen molar-refractivity contribution in [1.82, 2.24) is 4.98 Å². The van der Waals surface area contributed by atoms with Crippen LogP contribution in [0.5, 0.6) is 5.75 Å². The fraction of sp³-hybridized carbons (Fsp3) is 0.381. The first-order valence-electron chi connectivity index (χ1n) is 9.40. The monoisotopic (exact) mass is 383 g/mol. The first kappa shape index (κ1) is 19.7. The predicted molar refractivity (Wildman–Crippen MR) is 106 cm³/mol. The number of amides is 1. The summed E-state index contributed by atoms with van der Waals surface area (Å²) in [6.07, 6.45) is -0.494. The standard InChI is InChI=1S/C21H25N3O4/c1-4-15(21(26)27-12-13(2)3)24-19-16(10-11-17(22)23-19)28-18(20(24)25)14-8-6-5-7-9-14/h5-11,13,15,18H,4,12H2,1-3H3,(H2,22,23). The van der Waals surface area contributed by atoms with Gasteiger partial charge >= 0.3 is 5.97 Å². The van der Waals surface area contributed by atoms with Crippen LogP contribution in [0.4, 0.5) is 11.6 Å². The molecule has 1 aromatic heterocycles. The molecule has 148 valence electrons. The molecule has 0 bridgehead atoms. The second-order valence-corrected chi connectivity index (χ2v) is 7.12. The van der Waals surface area contributed by atoms with E-state index in [9.17, 15) is 9.59 Å². The third-order valence-electron chi connectivity index (χ3n) is 4.43. The fourth-order valence-corrected chi connectivity index (χ4v) is 3.06. The zero-order chi connectivity index (χ0) is 20.3. The summed E-state index contributed by atoms with van der Waals surface area (Å²) in [4.78, 5) is 31.7. The Hall–Kier alpha value is -3.09. The van der Waals surface area contributed by atoms with Crippen LogP contribution in [-0.4, -0.2) is 29.5 Å². The van der Waals surface area contributed by atoms with E-state index in [1.165, 1.54) is 4.90 Å². The molecule has 2 heterocycles. The van der Waals surface area contributed by atoms with E-state index in [-0.39, 0.29) is 30.1 Å². The normalized spacial score (nSPS) is 17.1. The molecule has 7 heteroatoms. The molecule has 0 aliphatic carbocycles. The molecule has 0 saturated heterocycles. The van der Waals surface area contributed by atoms with Crippen molar-refractivity contribution in [3.8, 4) is 5.75 Å². The number of fused-ring (bicyclic) bond motifs is 1. The minimum absolute atomic E-state index is 0.194. The quantitative estimate of drug-likeness (QED) is 0.770. The Labute approximate surface area is 164 Å². The number of ether oxygens (including phenoxy) is 2. The van der Waals surface area contributed by atoms with Crippen molar-refractivity contribution in [2.24, 2.45) is 5.92 Å². The Morgan fingerprint density at radius 3 is 2.61 bits per heavy atom. The molecular weight excluding hydrogens is 358 g/mol. The Kier molecular flexibility index (Phi) is 5.82. The van der Waals surface area contributed by atoms with Gasteiger partial charge in [-0.3, -0.25) is 9.69 Å². The SMILES string of the molecule is CCC(C(=O)OCC(C)C)N1C(=O)C(c2ccccc2)Oc2ccc(N)nc21. The first-order valence-corrected chi connectivity index (χ1v) is 9.40. The molecule has 2 N–H and O–H groups in total. The van der Waals surface area contributed by atoms with Gasteiger partial charge in [-0.15, -0.1) is 0 Å². The summed E-state index contributed by atoms with van der Waals surface area (Å²) in [7, 11) is 0. The Morgan fingerprint density at radius 1 is 1.25 bits per heavy atom. The lowest BCUT2D eigenvalue weighted by atomic mass is 10.0. The molecule has 3 rings (SSSR count). The smallest absolute Gasteiger partial charge is 0.329 e. The molecule has 2 atom stereocenters. The Balaban J connectivity index is 2.02.